The van der Waals surface area contributed by atoms with Gasteiger partial charge in [-0.05, 0) is 27.7 Å². The predicted molar refractivity (Wildman–Crippen MR) is 102 cm³/mol. The molecule has 11 nitrogen and oxygen atoms in total. The molecule has 11 heteroatoms. The summed E-state index contributed by atoms with van der Waals surface area (Å²) in [4.78, 5) is 26.8. The van der Waals surface area contributed by atoms with Crippen molar-refractivity contribution in [1.29, 1.82) is 5.26 Å². The summed E-state index contributed by atoms with van der Waals surface area (Å²) < 4.78 is 12.1. The van der Waals surface area contributed by atoms with E-state index in [0.29, 0.717) is 11.5 Å². The number of anilines is 1. The van der Waals surface area contributed by atoms with Gasteiger partial charge in [-0.2, -0.15) is 10.4 Å². The summed E-state index contributed by atoms with van der Waals surface area (Å²) in [6.07, 6.45) is 1.57. The molecule has 1 N–H and O–H groups in total. The lowest BCUT2D eigenvalue weighted by Crippen LogP contribution is -2.61. The highest BCUT2D eigenvalue weighted by Crippen LogP contribution is 2.26. The number of amides is 1. The third kappa shape index (κ3) is 4.29. The first-order chi connectivity index (χ1) is 14.0. The number of aromatic nitrogens is 4. The number of nitriles is 1. The molecule has 1 saturated heterocycles. The summed E-state index contributed by atoms with van der Waals surface area (Å²) >= 11 is 0. The van der Waals surface area contributed by atoms with Gasteiger partial charge >= 0.3 is 5.97 Å². The minimum absolute atomic E-state index is 0.0948. The Morgan fingerprint density at radius 2 is 2.13 bits per heavy atom. The lowest BCUT2D eigenvalue weighted by atomic mass is 9.96. The first kappa shape index (κ1) is 21.4. The van der Waals surface area contributed by atoms with Gasteiger partial charge in [0, 0.05) is 18.3 Å². The van der Waals surface area contributed by atoms with Crippen LogP contribution in [0.15, 0.2) is 24.5 Å². The fourth-order valence-corrected chi connectivity index (χ4v) is 2.84. The molecule has 0 aromatic carbocycles. The van der Waals surface area contributed by atoms with Crippen molar-refractivity contribution in [1.82, 2.24) is 20.0 Å². The second-order valence-corrected chi connectivity index (χ2v) is 7.92. The molecular weight excluding hydrogens is 392 g/mol. The molecular formula is C19H22N6O5. The van der Waals surface area contributed by atoms with Gasteiger partial charge in [0.25, 0.3) is 5.91 Å². The van der Waals surface area contributed by atoms with Crippen molar-refractivity contribution in [3.05, 3.63) is 30.2 Å². The molecule has 1 fully saturated rings. The maximum absolute atomic E-state index is 13.0. The number of carbonyl (C=O) groups is 2. The zero-order valence-corrected chi connectivity index (χ0v) is 17.1. The molecule has 2 atom stereocenters. The van der Waals surface area contributed by atoms with Gasteiger partial charge in [0.05, 0.1) is 25.0 Å². The maximum atomic E-state index is 13.0. The van der Waals surface area contributed by atoms with Crippen LogP contribution in [0, 0.1) is 11.3 Å². The second kappa shape index (κ2) is 7.81. The van der Waals surface area contributed by atoms with Gasteiger partial charge in [0.1, 0.15) is 11.7 Å². The molecule has 3 rings (SSSR count). The summed E-state index contributed by atoms with van der Waals surface area (Å²) in [5.41, 5.74) is -2.40. The molecule has 0 saturated carbocycles. The van der Waals surface area contributed by atoms with Gasteiger partial charge in [0.2, 0.25) is 0 Å². The highest BCUT2D eigenvalue weighted by Gasteiger charge is 2.50. The number of aliphatic hydroxyl groups is 1. The minimum Gasteiger partial charge on any atom is -0.458 e. The first-order valence-electron chi connectivity index (χ1n) is 9.20. The normalized spacial score (nSPS) is 19.1. The van der Waals surface area contributed by atoms with Crippen molar-refractivity contribution >= 4 is 17.7 Å². The highest BCUT2D eigenvalue weighted by molar-refractivity contribution is 6.01. The molecule has 0 unspecified atom stereocenters. The van der Waals surface area contributed by atoms with Crippen LogP contribution in [0.25, 0.3) is 5.69 Å². The highest BCUT2D eigenvalue weighted by atomic mass is 16.6. The molecule has 0 spiro atoms. The molecule has 0 bridgehead atoms. The number of esters is 1. The fraction of sp³-hybridized carbons (Fsp3) is 0.474. The van der Waals surface area contributed by atoms with Crippen LogP contribution in [0.5, 0.6) is 0 Å². The van der Waals surface area contributed by atoms with Crippen molar-refractivity contribution in [3.63, 3.8) is 0 Å². The molecule has 30 heavy (non-hydrogen) atoms. The van der Waals surface area contributed by atoms with Crippen molar-refractivity contribution in [3.8, 4) is 11.8 Å². The van der Waals surface area contributed by atoms with E-state index in [9.17, 15) is 14.7 Å². The summed E-state index contributed by atoms with van der Waals surface area (Å²) in [5.74, 6) is -1.27. The van der Waals surface area contributed by atoms with Gasteiger partial charge in [0.15, 0.2) is 23.2 Å². The van der Waals surface area contributed by atoms with E-state index in [0.717, 1.165) is 0 Å². The third-order valence-electron chi connectivity index (χ3n) is 4.28. The van der Waals surface area contributed by atoms with Gasteiger partial charge in [-0.15, -0.1) is 10.2 Å². The Morgan fingerprint density at radius 3 is 2.80 bits per heavy atom. The van der Waals surface area contributed by atoms with Crippen LogP contribution in [0.1, 0.15) is 33.4 Å². The van der Waals surface area contributed by atoms with Gasteiger partial charge in [-0.1, -0.05) is 0 Å². The van der Waals surface area contributed by atoms with Crippen LogP contribution in [-0.2, 0) is 19.1 Å². The first-order valence-corrected chi connectivity index (χ1v) is 9.20. The summed E-state index contributed by atoms with van der Waals surface area (Å²) in [5, 5.41) is 31.4. The van der Waals surface area contributed by atoms with Crippen LogP contribution < -0.4 is 4.90 Å². The zero-order chi connectivity index (χ0) is 22.1. The zero-order valence-electron chi connectivity index (χ0n) is 17.1. The lowest BCUT2D eigenvalue weighted by molar-refractivity contribution is -0.194. The lowest BCUT2D eigenvalue weighted by Gasteiger charge is -2.38. The fourth-order valence-electron chi connectivity index (χ4n) is 2.84. The van der Waals surface area contributed by atoms with E-state index in [2.05, 4.69) is 15.3 Å². The van der Waals surface area contributed by atoms with E-state index in [4.69, 9.17) is 14.7 Å². The van der Waals surface area contributed by atoms with Crippen molar-refractivity contribution in [2.75, 3.05) is 18.1 Å². The molecule has 1 amide bonds. The van der Waals surface area contributed by atoms with Crippen molar-refractivity contribution in [2.45, 2.75) is 45.0 Å². The average Bonchev–Trinajstić information content (AvgIpc) is 3.16. The van der Waals surface area contributed by atoms with E-state index < -0.39 is 29.2 Å². The second-order valence-electron chi connectivity index (χ2n) is 7.92. The average molecular weight is 414 g/mol. The summed E-state index contributed by atoms with van der Waals surface area (Å²) in [6, 6.07) is 4.99. The number of hydrogen-bond donors (Lipinski definition) is 1. The summed E-state index contributed by atoms with van der Waals surface area (Å²) in [6.45, 7) is 6.46. The minimum atomic E-state index is -2.18. The van der Waals surface area contributed by atoms with Crippen LogP contribution >= 0.6 is 0 Å². The standard InChI is InChI=1S/C19H22N6O5/c1-18(2,3)30-17(27)19(4,28)15-16(26)24(7-8-29-15)14-5-6-25(23-14)13-9-12(10-20)22-21-11-13/h5-6,9,11,15,28H,7-8H2,1-4H3/t15-,19-/m0/s1. The molecule has 158 valence electrons. The van der Waals surface area contributed by atoms with Gasteiger partial charge in [-0.25, -0.2) is 9.48 Å². The molecule has 0 radical (unpaired) electrons. The number of morpholine rings is 1. The Bertz CT molecular complexity index is 1000. The van der Waals surface area contributed by atoms with E-state index >= 15 is 0 Å². The molecule has 1 aliphatic heterocycles. The monoisotopic (exact) mass is 414 g/mol. The van der Waals surface area contributed by atoms with Crippen molar-refractivity contribution < 1.29 is 24.2 Å². The summed E-state index contributed by atoms with van der Waals surface area (Å²) in [7, 11) is 0. The number of ether oxygens (including phenoxy) is 2. The molecule has 2 aromatic rings. The largest absolute Gasteiger partial charge is 0.458 e. The van der Waals surface area contributed by atoms with Crippen molar-refractivity contribution in [2.24, 2.45) is 0 Å². The topological polar surface area (TPSA) is 143 Å². The van der Waals surface area contributed by atoms with E-state index in [1.165, 1.54) is 28.8 Å². The van der Waals surface area contributed by atoms with Gasteiger partial charge in [-0.3, -0.25) is 9.69 Å². The van der Waals surface area contributed by atoms with E-state index in [1.807, 2.05) is 6.07 Å². The quantitative estimate of drug-likeness (QED) is 0.701. The molecule has 1 aliphatic rings. The Balaban J connectivity index is 1.83. The number of rotatable bonds is 4. The predicted octanol–water partition coefficient (Wildman–Crippen LogP) is 0.358. The Kier molecular flexibility index (Phi) is 5.56. The maximum Gasteiger partial charge on any atom is 0.341 e. The van der Waals surface area contributed by atoms with Crippen LogP contribution in [-0.4, -0.2) is 67.4 Å². The number of carbonyl (C=O) groups excluding carboxylic acids is 2. The van der Waals surface area contributed by atoms with Crippen LogP contribution in [0.3, 0.4) is 0 Å². The third-order valence-corrected chi connectivity index (χ3v) is 4.28. The number of nitrogens with zero attached hydrogens (tertiary/aromatic N) is 6. The van der Waals surface area contributed by atoms with Crippen LogP contribution in [0.4, 0.5) is 5.82 Å². The molecule has 2 aromatic heterocycles. The SMILES string of the molecule is CC(C)(C)OC(=O)[C@@](C)(O)[C@H]1OCCN(c2ccn(-c3cnnc(C#N)c3)n2)C1=O. The Hall–Kier alpha value is -3.36. The van der Waals surface area contributed by atoms with E-state index in [-0.39, 0.29) is 18.8 Å². The molecule has 0 aliphatic carbocycles. The Labute approximate surface area is 172 Å². The Morgan fingerprint density at radius 1 is 1.40 bits per heavy atom. The smallest absolute Gasteiger partial charge is 0.341 e. The van der Waals surface area contributed by atoms with Crippen LogP contribution in [0.2, 0.25) is 0 Å². The van der Waals surface area contributed by atoms with Gasteiger partial charge < -0.3 is 14.6 Å². The van der Waals surface area contributed by atoms with E-state index in [1.54, 1.807) is 33.0 Å². The number of hydrogen-bond acceptors (Lipinski definition) is 9. The molecule has 3 heterocycles.